The second-order valence-corrected chi connectivity index (χ2v) is 8.66. The fourth-order valence-corrected chi connectivity index (χ4v) is 4.54. The monoisotopic (exact) mass is 362 g/mol. The molecule has 4 rings (SSSR count). The van der Waals surface area contributed by atoms with E-state index in [9.17, 15) is 4.79 Å². The van der Waals surface area contributed by atoms with Crippen LogP contribution in [0.5, 0.6) is 5.75 Å². The van der Waals surface area contributed by atoms with E-state index in [4.69, 9.17) is 9.84 Å². The first-order valence-electron chi connectivity index (χ1n) is 9.62. The molecule has 2 aliphatic rings. The number of carboxylic acid groups (broad SMARTS) is 1. The summed E-state index contributed by atoms with van der Waals surface area (Å²) in [4.78, 5) is 10.8. The van der Waals surface area contributed by atoms with Gasteiger partial charge in [0.15, 0.2) is 0 Å². The van der Waals surface area contributed by atoms with E-state index in [1.165, 1.54) is 35.6 Å². The van der Waals surface area contributed by atoms with Gasteiger partial charge < -0.3 is 9.84 Å². The van der Waals surface area contributed by atoms with E-state index < -0.39 is 5.97 Å². The van der Waals surface area contributed by atoms with Gasteiger partial charge in [-0.15, -0.1) is 0 Å². The first-order valence-corrected chi connectivity index (χ1v) is 9.62. The highest BCUT2D eigenvalue weighted by Crippen LogP contribution is 2.46. The van der Waals surface area contributed by atoms with E-state index in [2.05, 4.69) is 45.0 Å². The minimum Gasteiger partial charge on any atom is -0.492 e. The zero-order valence-corrected chi connectivity index (χ0v) is 16.2. The van der Waals surface area contributed by atoms with Crippen molar-refractivity contribution in [3.63, 3.8) is 0 Å². The van der Waals surface area contributed by atoms with Crippen LogP contribution in [0.3, 0.4) is 0 Å². The van der Waals surface area contributed by atoms with Crippen molar-refractivity contribution < 1.29 is 14.6 Å². The zero-order chi connectivity index (χ0) is 19.2. The van der Waals surface area contributed by atoms with E-state index >= 15 is 0 Å². The summed E-state index contributed by atoms with van der Waals surface area (Å²) in [6.07, 6.45) is 6.44. The van der Waals surface area contributed by atoms with Crippen LogP contribution in [0.1, 0.15) is 61.4 Å². The minimum atomic E-state index is -0.938. The van der Waals surface area contributed by atoms with Gasteiger partial charge in [0, 0.05) is 11.6 Å². The average molecular weight is 362 g/mol. The van der Waals surface area contributed by atoms with Crippen LogP contribution < -0.4 is 4.74 Å². The molecule has 0 aromatic heterocycles. The Labute approximate surface area is 160 Å². The highest BCUT2D eigenvalue weighted by molar-refractivity contribution is 5.85. The van der Waals surface area contributed by atoms with Gasteiger partial charge in [0.2, 0.25) is 0 Å². The number of fused-ring (bicyclic) bond motifs is 2. The van der Waals surface area contributed by atoms with Crippen molar-refractivity contribution in [1.29, 1.82) is 0 Å². The number of rotatable bonds is 3. The molecule has 0 bridgehead atoms. The lowest BCUT2D eigenvalue weighted by Crippen LogP contribution is -2.28. The standard InChI is InChI=1S/C24H26O3/c1-23(2)12-4-5-17-8-9-18(14-19(17)23)24(3)15-27-21-10-6-16(13-20(21)24)7-11-22(25)26/h6-11,13-14H,4-5,12,15H2,1-3H3,(H,25,26)/b11-7+. The smallest absolute Gasteiger partial charge is 0.328 e. The highest BCUT2D eigenvalue weighted by Gasteiger charge is 2.39. The van der Waals surface area contributed by atoms with Crippen LogP contribution in [0, 0.1) is 0 Å². The van der Waals surface area contributed by atoms with Crippen molar-refractivity contribution in [1.82, 2.24) is 0 Å². The summed E-state index contributed by atoms with van der Waals surface area (Å²) in [6, 6.07) is 12.8. The number of carbonyl (C=O) groups is 1. The normalized spacial score (nSPS) is 22.9. The summed E-state index contributed by atoms with van der Waals surface area (Å²) in [7, 11) is 0. The molecule has 1 N–H and O–H groups in total. The van der Waals surface area contributed by atoms with Crippen LogP contribution >= 0.6 is 0 Å². The van der Waals surface area contributed by atoms with Gasteiger partial charge in [0.05, 0.1) is 5.41 Å². The quantitative estimate of drug-likeness (QED) is 0.773. The molecule has 0 fully saturated rings. The molecule has 27 heavy (non-hydrogen) atoms. The molecule has 1 aliphatic carbocycles. The van der Waals surface area contributed by atoms with E-state index in [0.29, 0.717) is 6.61 Å². The molecular weight excluding hydrogens is 336 g/mol. The maximum absolute atomic E-state index is 10.8. The van der Waals surface area contributed by atoms with Crippen molar-refractivity contribution in [3.8, 4) is 5.75 Å². The molecule has 1 heterocycles. The Kier molecular flexibility index (Phi) is 4.14. The third-order valence-electron chi connectivity index (χ3n) is 6.26. The predicted octanol–water partition coefficient (Wildman–Crippen LogP) is 5.10. The Balaban J connectivity index is 1.78. The summed E-state index contributed by atoms with van der Waals surface area (Å²) in [5.41, 5.74) is 6.18. The number of hydrogen-bond acceptors (Lipinski definition) is 2. The lowest BCUT2D eigenvalue weighted by Gasteiger charge is -2.34. The van der Waals surface area contributed by atoms with Crippen LogP contribution in [-0.2, 0) is 22.0 Å². The first-order chi connectivity index (χ1) is 12.8. The summed E-state index contributed by atoms with van der Waals surface area (Å²) in [5, 5.41) is 8.90. The fourth-order valence-electron chi connectivity index (χ4n) is 4.54. The van der Waals surface area contributed by atoms with Crippen LogP contribution in [0.15, 0.2) is 42.5 Å². The Morgan fingerprint density at radius 2 is 1.93 bits per heavy atom. The molecule has 3 heteroatoms. The third kappa shape index (κ3) is 3.05. The fraction of sp³-hybridized carbons (Fsp3) is 0.375. The predicted molar refractivity (Wildman–Crippen MR) is 107 cm³/mol. The number of aryl methyl sites for hydroxylation is 1. The summed E-state index contributed by atoms with van der Waals surface area (Å²) < 4.78 is 6.00. The third-order valence-corrected chi connectivity index (χ3v) is 6.26. The van der Waals surface area contributed by atoms with E-state index in [1.54, 1.807) is 6.08 Å². The number of carboxylic acids is 1. The first kappa shape index (κ1) is 17.8. The van der Waals surface area contributed by atoms with Crippen molar-refractivity contribution in [3.05, 3.63) is 70.3 Å². The maximum atomic E-state index is 10.8. The van der Waals surface area contributed by atoms with Gasteiger partial charge in [-0.2, -0.15) is 0 Å². The van der Waals surface area contributed by atoms with Gasteiger partial charge in [-0.3, -0.25) is 0 Å². The van der Waals surface area contributed by atoms with E-state index in [1.807, 2.05) is 12.1 Å². The summed E-state index contributed by atoms with van der Waals surface area (Å²) >= 11 is 0. The second kappa shape index (κ2) is 6.26. The Morgan fingerprint density at radius 3 is 2.70 bits per heavy atom. The molecule has 0 saturated carbocycles. The summed E-state index contributed by atoms with van der Waals surface area (Å²) in [5.74, 6) is -0.0478. The van der Waals surface area contributed by atoms with Crippen molar-refractivity contribution in [2.45, 2.75) is 50.9 Å². The number of benzene rings is 2. The van der Waals surface area contributed by atoms with Crippen molar-refractivity contribution >= 4 is 12.0 Å². The molecule has 2 aromatic carbocycles. The Hall–Kier alpha value is -2.55. The topological polar surface area (TPSA) is 46.5 Å². The average Bonchev–Trinajstić information content (AvgIpc) is 2.97. The molecule has 0 spiro atoms. The van der Waals surface area contributed by atoms with E-state index in [-0.39, 0.29) is 10.8 Å². The largest absolute Gasteiger partial charge is 0.492 e. The minimum absolute atomic E-state index is 0.203. The van der Waals surface area contributed by atoms with Crippen LogP contribution in [0.25, 0.3) is 6.08 Å². The highest BCUT2D eigenvalue weighted by atomic mass is 16.5. The number of ether oxygens (including phenoxy) is 1. The lowest BCUT2D eigenvalue weighted by molar-refractivity contribution is -0.131. The molecule has 0 saturated heterocycles. The van der Waals surface area contributed by atoms with Gasteiger partial charge in [0.25, 0.3) is 0 Å². The van der Waals surface area contributed by atoms with Crippen LogP contribution in [0.2, 0.25) is 0 Å². The van der Waals surface area contributed by atoms with Gasteiger partial charge in [0.1, 0.15) is 12.4 Å². The van der Waals surface area contributed by atoms with Gasteiger partial charge in [-0.1, -0.05) is 38.1 Å². The number of aliphatic carboxylic acids is 1. The molecule has 2 aromatic rings. The number of hydrogen-bond donors (Lipinski definition) is 1. The Morgan fingerprint density at radius 1 is 1.11 bits per heavy atom. The van der Waals surface area contributed by atoms with Crippen molar-refractivity contribution in [2.75, 3.05) is 6.61 Å². The summed E-state index contributed by atoms with van der Waals surface area (Å²) in [6.45, 7) is 7.50. The molecule has 1 atom stereocenters. The van der Waals surface area contributed by atoms with Crippen LogP contribution in [-0.4, -0.2) is 17.7 Å². The maximum Gasteiger partial charge on any atom is 0.328 e. The van der Waals surface area contributed by atoms with E-state index in [0.717, 1.165) is 23.3 Å². The molecule has 3 nitrogen and oxygen atoms in total. The molecule has 1 aliphatic heterocycles. The van der Waals surface area contributed by atoms with Gasteiger partial charge >= 0.3 is 5.97 Å². The van der Waals surface area contributed by atoms with Crippen LogP contribution in [0.4, 0.5) is 0 Å². The second-order valence-electron chi connectivity index (χ2n) is 8.66. The Bertz CT molecular complexity index is 939. The molecule has 140 valence electrons. The van der Waals surface area contributed by atoms with Crippen molar-refractivity contribution in [2.24, 2.45) is 0 Å². The molecule has 1 unspecified atom stereocenters. The SMILES string of the molecule is CC1(C)CCCc2ccc(C3(C)COc4ccc(/C=C/C(=O)O)cc43)cc21. The molecular formula is C24H26O3. The lowest BCUT2D eigenvalue weighted by atomic mass is 9.69. The van der Waals surface area contributed by atoms with Gasteiger partial charge in [-0.25, -0.2) is 4.79 Å². The molecule has 0 radical (unpaired) electrons. The van der Waals surface area contributed by atoms with Gasteiger partial charge in [-0.05, 0) is 72.1 Å². The zero-order valence-electron chi connectivity index (χ0n) is 16.2. The molecule has 0 amide bonds.